The number of Topliss-reactive ketones (excluding diaryl/α,β-unsaturated/α-hetero) is 1. The summed E-state index contributed by atoms with van der Waals surface area (Å²) >= 11 is 0. The van der Waals surface area contributed by atoms with Crippen molar-refractivity contribution in [2.45, 2.75) is 25.4 Å². The van der Waals surface area contributed by atoms with Crippen LogP contribution in [0.5, 0.6) is 5.75 Å². The van der Waals surface area contributed by atoms with Crippen LogP contribution in [0, 0.1) is 0 Å². The number of ketones is 1. The minimum Gasteiger partial charge on any atom is -0.492 e. The Balaban J connectivity index is 1.50. The van der Waals surface area contributed by atoms with E-state index in [1.807, 2.05) is 25.1 Å². The van der Waals surface area contributed by atoms with Crippen molar-refractivity contribution in [1.29, 1.82) is 0 Å². The summed E-state index contributed by atoms with van der Waals surface area (Å²) in [7, 11) is 0. The lowest BCUT2D eigenvalue weighted by atomic mass is 10.1. The number of carbonyl (C=O) groups is 3. The highest BCUT2D eigenvalue weighted by molar-refractivity contribution is 6.03. The molecule has 2 aliphatic heterocycles. The maximum Gasteiger partial charge on any atom is 0.322 e. The summed E-state index contributed by atoms with van der Waals surface area (Å²) in [4.78, 5) is 41.6. The Morgan fingerprint density at radius 1 is 1.07 bits per heavy atom. The number of nitrogens with zero attached hydrogens (tertiary/aromatic N) is 2. The van der Waals surface area contributed by atoms with Gasteiger partial charge in [0.05, 0.1) is 24.9 Å². The molecule has 3 amide bonds. The molecule has 29 heavy (non-hydrogen) atoms. The van der Waals surface area contributed by atoms with Crippen molar-refractivity contribution in [2.75, 3.05) is 25.0 Å². The zero-order valence-electron chi connectivity index (χ0n) is 16.2. The monoisotopic (exact) mass is 393 g/mol. The molecule has 0 aliphatic carbocycles. The van der Waals surface area contributed by atoms with Gasteiger partial charge < -0.3 is 19.9 Å². The Hall–Kier alpha value is -3.35. The van der Waals surface area contributed by atoms with E-state index in [9.17, 15) is 14.4 Å². The molecule has 2 aromatic rings. The largest absolute Gasteiger partial charge is 0.492 e. The number of ether oxygens (including phenoxy) is 1. The van der Waals surface area contributed by atoms with Crippen LogP contribution in [0.15, 0.2) is 54.6 Å². The number of nitrogens with one attached hydrogen (secondary N) is 1. The Kier molecular flexibility index (Phi) is 5.20. The molecule has 2 aliphatic rings. The van der Waals surface area contributed by atoms with Crippen molar-refractivity contribution in [2.24, 2.45) is 0 Å². The molecule has 0 radical (unpaired) electrons. The third-order valence-electron chi connectivity index (χ3n) is 5.39. The topological polar surface area (TPSA) is 79.0 Å². The third kappa shape index (κ3) is 3.55. The van der Waals surface area contributed by atoms with Crippen LogP contribution in [-0.4, -0.2) is 59.3 Å². The van der Waals surface area contributed by atoms with Crippen molar-refractivity contribution in [3.63, 3.8) is 0 Å². The predicted molar refractivity (Wildman–Crippen MR) is 108 cm³/mol. The van der Waals surface area contributed by atoms with Crippen LogP contribution in [0.2, 0.25) is 0 Å². The summed E-state index contributed by atoms with van der Waals surface area (Å²) in [6.45, 7) is 2.81. The molecular weight excluding hydrogens is 370 g/mol. The molecule has 0 saturated carbocycles. The minimum absolute atomic E-state index is 0.0301. The molecule has 0 bridgehead atoms. The highest BCUT2D eigenvalue weighted by atomic mass is 16.5. The Morgan fingerprint density at radius 2 is 1.79 bits per heavy atom. The lowest BCUT2D eigenvalue weighted by Gasteiger charge is -2.25. The van der Waals surface area contributed by atoms with Gasteiger partial charge in [-0.2, -0.15) is 0 Å². The van der Waals surface area contributed by atoms with Gasteiger partial charge in [0.25, 0.3) is 5.91 Å². The number of urea groups is 1. The average molecular weight is 393 g/mol. The van der Waals surface area contributed by atoms with Gasteiger partial charge in [0.1, 0.15) is 11.8 Å². The normalized spacial score (nSPS) is 20.5. The number of likely N-dealkylation sites (tertiary alicyclic amines) is 2. The average Bonchev–Trinajstić information content (AvgIpc) is 3.31. The molecule has 7 nitrogen and oxygen atoms in total. The van der Waals surface area contributed by atoms with Gasteiger partial charge in [0.2, 0.25) is 0 Å². The number of para-hydroxylation sites is 2. The van der Waals surface area contributed by atoms with E-state index in [1.54, 1.807) is 41.3 Å². The van der Waals surface area contributed by atoms with Crippen molar-refractivity contribution in [1.82, 2.24) is 9.80 Å². The van der Waals surface area contributed by atoms with Gasteiger partial charge in [0, 0.05) is 12.1 Å². The first-order valence-electron chi connectivity index (χ1n) is 9.78. The Bertz CT molecular complexity index is 931. The molecular formula is C22H23N3O4. The standard InChI is InChI=1S/C22H23N3O4/c1-2-29-19-11-7-6-10-16(19)23-22(28)24-13-12-17-20(24)18(26)14-25(17)21(27)15-8-4-3-5-9-15/h3-11,17,20H,2,12-14H2,1H3,(H,23,28)/t17-,20+/m1/s1. The maximum absolute atomic E-state index is 12.9. The number of anilines is 1. The summed E-state index contributed by atoms with van der Waals surface area (Å²) in [6.07, 6.45) is 0.579. The predicted octanol–water partition coefficient (Wildman–Crippen LogP) is 2.79. The highest BCUT2D eigenvalue weighted by Crippen LogP contribution is 2.32. The Morgan fingerprint density at radius 3 is 2.55 bits per heavy atom. The molecule has 2 heterocycles. The second-order valence-electron chi connectivity index (χ2n) is 7.12. The fourth-order valence-electron chi connectivity index (χ4n) is 4.10. The minimum atomic E-state index is -0.609. The quantitative estimate of drug-likeness (QED) is 0.866. The van der Waals surface area contributed by atoms with E-state index in [4.69, 9.17) is 4.74 Å². The second-order valence-corrected chi connectivity index (χ2v) is 7.12. The van der Waals surface area contributed by atoms with Crippen molar-refractivity contribution in [3.05, 3.63) is 60.2 Å². The molecule has 2 aromatic carbocycles. The summed E-state index contributed by atoms with van der Waals surface area (Å²) in [5.41, 5.74) is 1.11. The lowest BCUT2D eigenvalue weighted by molar-refractivity contribution is -0.119. The second kappa shape index (κ2) is 7.95. The van der Waals surface area contributed by atoms with Crippen molar-refractivity contribution in [3.8, 4) is 5.75 Å². The van der Waals surface area contributed by atoms with Crippen molar-refractivity contribution < 1.29 is 19.1 Å². The van der Waals surface area contributed by atoms with E-state index < -0.39 is 6.04 Å². The van der Waals surface area contributed by atoms with E-state index in [0.717, 1.165) is 0 Å². The zero-order chi connectivity index (χ0) is 20.4. The summed E-state index contributed by atoms with van der Waals surface area (Å²) in [5.74, 6) is 0.304. The number of carbonyl (C=O) groups excluding carboxylic acids is 3. The van der Waals surface area contributed by atoms with Crippen LogP contribution in [0.1, 0.15) is 23.7 Å². The number of rotatable bonds is 4. The summed E-state index contributed by atoms with van der Waals surface area (Å²) in [5, 5.41) is 2.85. The van der Waals surface area contributed by atoms with Crippen LogP contribution in [0.25, 0.3) is 0 Å². The molecule has 2 saturated heterocycles. The first-order chi connectivity index (χ1) is 14.1. The van der Waals surface area contributed by atoms with Gasteiger partial charge in [-0.1, -0.05) is 30.3 Å². The molecule has 1 N–H and O–H groups in total. The van der Waals surface area contributed by atoms with Gasteiger partial charge in [0.15, 0.2) is 5.78 Å². The van der Waals surface area contributed by atoms with Crippen LogP contribution in [-0.2, 0) is 4.79 Å². The highest BCUT2D eigenvalue weighted by Gasteiger charge is 2.51. The first kappa shape index (κ1) is 19.0. The third-order valence-corrected chi connectivity index (χ3v) is 5.39. The van der Waals surface area contributed by atoms with Gasteiger partial charge in [-0.15, -0.1) is 0 Å². The molecule has 4 rings (SSSR count). The molecule has 2 fully saturated rings. The van der Waals surface area contributed by atoms with Gasteiger partial charge in [-0.3, -0.25) is 9.59 Å². The van der Waals surface area contributed by atoms with Crippen LogP contribution >= 0.6 is 0 Å². The number of hydrogen-bond donors (Lipinski definition) is 1. The zero-order valence-corrected chi connectivity index (χ0v) is 16.2. The fraction of sp³-hybridized carbons (Fsp3) is 0.318. The van der Waals surface area contributed by atoms with Crippen LogP contribution < -0.4 is 10.1 Å². The summed E-state index contributed by atoms with van der Waals surface area (Å²) in [6, 6.07) is 14.9. The molecule has 150 valence electrons. The lowest BCUT2D eigenvalue weighted by Crippen LogP contribution is -2.45. The van der Waals surface area contributed by atoms with E-state index in [-0.39, 0.29) is 30.3 Å². The Labute approximate surface area is 169 Å². The number of benzene rings is 2. The molecule has 7 heteroatoms. The van der Waals surface area contributed by atoms with Gasteiger partial charge in [-0.25, -0.2) is 4.79 Å². The number of fused-ring (bicyclic) bond motifs is 1. The van der Waals surface area contributed by atoms with Crippen LogP contribution in [0.4, 0.5) is 10.5 Å². The molecule has 0 spiro atoms. The van der Waals surface area contributed by atoms with E-state index in [2.05, 4.69) is 5.32 Å². The van der Waals surface area contributed by atoms with E-state index >= 15 is 0 Å². The summed E-state index contributed by atoms with van der Waals surface area (Å²) < 4.78 is 5.55. The van der Waals surface area contributed by atoms with Crippen LogP contribution in [0.3, 0.4) is 0 Å². The van der Waals surface area contributed by atoms with Crippen molar-refractivity contribution >= 4 is 23.4 Å². The van der Waals surface area contributed by atoms with E-state index in [1.165, 1.54) is 4.90 Å². The van der Waals surface area contributed by atoms with E-state index in [0.29, 0.717) is 36.6 Å². The molecule has 0 aromatic heterocycles. The van der Waals surface area contributed by atoms with Gasteiger partial charge >= 0.3 is 6.03 Å². The van der Waals surface area contributed by atoms with Gasteiger partial charge in [-0.05, 0) is 37.6 Å². The SMILES string of the molecule is CCOc1ccccc1NC(=O)N1CC[C@@H]2[C@H]1C(=O)CN2C(=O)c1ccccc1. The maximum atomic E-state index is 12.9. The molecule has 2 atom stereocenters. The first-order valence-corrected chi connectivity index (χ1v) is 9.78. The smallest absolute Gasteiger partial charge is 0.322 e. The number of amides is 3. The fourth-order valence-corrected chi connectivity index (χ4v) is 4.10. The molecule has 0 unspecified atom stereocenters. The number of hydrogen-bond acceptors (Lipinski definition) is 4.